The highest BCUT2D eigenvalue weighted by Gasteiger charge is 2.16. The Bertz CT molecular complexity index is 958. The topological polar surface area (TPSA) is 75.1 Å². The van der Waals surface area contributed by atoms with E-state index in [1.54, 1.807) is 36.5 Å². The van der Waals surface area contributed by atoms with Crippen molar-refractivity contribution in [3.63, 3.8) is 0 Å². The fraction of sp³-hybridized carbons (Fsp3) is 0.158. The number of unbranched alkanes of at least 4 members (excludes halogenated alkanes) is 1. The first kappa shape index (κ1) is 20.0. The van der Waals surface area contributed by atoms with Crippen LogP contribution in [0.4, 0.5) is 22.0 Å². The van der Waals surface area contributed by atoms with Crippen LogP contribution < -0.4 is 10.7 Å². The first-order valence-corrected chi connectivity index (χ1v) is 9.33. The molecule has 28 heavy (non-hydrogen) atoms. The van der Waals surface area contributed by atoms with E-state index >= 15 is 0 Å². The van der Waals surface area contributed by atoms with Crippen molar-refractivity contribution in [2.75, 3.05) is 10.7 Å². The lowest BCUT2D eigenvalue weighted by Gasteiger charge is -2.10. The first-order valence-electron chi connectivity index (χ1n) is 8.57. The predicted octanol–water partition coefficient (Wildman–Crippen LogP) is 5.93. The third-order valence-electron chi connectivity index (χ3n) is 3.60. The largest absolute Gasteiger partial charge is 0.324 e. The van der Waals surface area contributed by atoms with Gasteiger partial charge in [0, 0.05) is 16.9 Å². The van der Waals surface area contributed by atoms with Crippen LogP contribution in [0.3, 0.4) is 0 Å². The summed E-state index contributed by atoms with van der Waals surface area (Å²) < 4.78 is 14.4. The lowest BCUT2D eigenvalue weighted by atomic mass is 10.2. The molecule has 6 nitrogen and oxygen atoms in total. The summed E-state index contributed by atoms with van der Waals surface area (Å²) in [5, 5.41) is 7.92. The Kier molecular flexibility index (Phi) is 6.73. The van der Waals surface area contributed by atoms with Crippen LogP contribution in [0, 0.1) is 5.82 Å². The summed E-state index contributed by atoms with van der Waals surface area (Å²) in [5.41, 5.74) is 3.54. The van der Waals surface area contributed by atoms with E-state index in [1.165, 1.54) is 12.1 Å². The number of aromatic nitrogens is 3. The molecular weight excluding hydrogens is 402 g/mol. The van der Waals surface area contributed by atoms with Crippen LogP contribution in [-0.4, -0.2) is 21.2 Å². The number of halogens is 3. The van der Waals surface area contributed by atoms with Crippen molar-refractivity contribution in [3.05, 3.63) is 58.3 Å². The zero-order valence-electron chi connectivity index (χ0n) is 15.0. The molecule has 0 fully saturated rings. The molecule has 1 heterocycles. The van der Waals surface area contributed by atoms with Gasteiger partial charge in [0.15, 0.2) is 5.82 Å². The molecule has 3 rings (SSSR count). The molecule has 0 aliphatic heterocycles. The monoisotopic (exact) mass is 418 g/mol. The summed E-state index contributed by atoms with van der Waals surface area (Å²) >= 11 is 12.1. The zero-order valence-corrected chi connectivity index (χ0v) is 16.5. The van der Waals surface area contributed by atoms with E-state index in [0.717, 1.165) is 12.8 Å². The van der Waals surface area contributed by atoms with Crippen LogP contribution in [0.5, 0.6) is 0 Å². The molecule has 2 aromatic carbocycles. The van der Waals surface area contributed by atoms with Crippen molar-refractivity contribution in [2.24, 2.45) is 5.10 Å². The molecule has 0 amide bonds. The Balaban J connectivity index is 1.99. The second-order valence-corrected chi connectivity index (χ2v) is 6.59. The first-order chi connectivity index (χ1) is 13.6. The van der Waals surface area contributed by atoms with Crippen LogP contribution >= 0.6 is 23.2 Å². The van der Waals surface area contributed by atoms with Crippen molar-refractivity contribution >= 4 is 47.0 Å². The molecule has 0 saturated carbocycles. The number of hydrogen-bond donors (Lipinski definition) is 2. The van der Waals surface area contributed by atoms with E-state index in [4.69, 9.17) is 23.2 Å². The summed E-state index contributed by atoms with van der Waals surface area (Å²) in [6.07, 6.45) is 3.48. The van der Waals surface area contributed by atoms with Gasteiger partial charge in [-0.3, -0.25) is 0 Å². The minimum Gasteiger partial charge on any atom is -0.324 e. The Morgan fingerprint density at radius 2 is 1.79 bits per heavy atom. The van der Waals surface area contributed by atoms with Crippen LogP contribution in [0.15, 0.2) is 47.6 Å². The number of benzene rings is 2. The molecule has 1 aromatic heterocycles. The number of anilines is 3. The second kappa shape index (κ2) is 9.43. The number of nitrogens with one attached hydrogen (secondary N) is 2. The second-order valence-electron chi connectivity index (χ2n) is 5.75. The van der Waals surface area contributed by atoms with Gasteiger partial charge >= 0.3 is 0 Å². The molecular formula is C19H17Cl2FN6. The molecule has 0 radical (unpaired) electrons. The van der Waals surface area contributed by atoms with E-state index in [2.05, 4.69) is 30.8 Å². The van der Waals surface area contributed by atoms with Crippen LogP contribution in [-0.2, 0) is 0 Å². The fourth-order valence-electron chi connectivity index (χ4n) is 2.26. The predicted molar refractivity (Wildman–Crippen MR) is 112 cm³/mol. The highest BCUT2D eigenvalue weighted by atomic mass is 35.5. The van der Waals surface area contributed by atoms with Gasteiger partial charge in [-0.1, -0.05) is 42.6 Å². The standard InChI is InChI=1S/C19H17Cl2FN6/c1-2-3-11-23-28-19-26-17(16-14(21)5-4-6-15(16)22)25-18(27-19)24-13-9-7-12(20)8-10-13/h4-11H,2-3H2,1H3,(H2,24,25,26,27,28)/b23-11+. The number of nitrogens with zero attached hydrogens (tertiary/aromatic N) is 4. The number of hydrazone groups is 1. The van der Waals surface area contributed by atoms with E-state index in [1.807, 2.05) is 6.92 Å². The van der Waals surface area contributed by atoms with Gasteiger partial charge in [0.25, 0.3) is 0 Å². The molecule has 9 heteroatoms. The summed E-state index contributed by atoms with van der Waals surface area (Å²) in [7, 11) is 0. The Morgan fingerprint density at radius 1 is 1.04 bits per heavy atom. The van der Waals surface area contributed by atoms with Crippen LogP contribution in [0.25, 0.3) is 11.4 Å². The maximum atomic E-state index is 14.4. The van der Waals surface area contributed by atoms with Crippen molar-refractivity contribution in [3.8, 4) is 11.4 Å². The maximum Gasteiger partial charge on any atom is 0.248 e. The molecule has 144 valence electrons. The maximum absolute atomic E-state index is 14.4. The van der Waals surface area contributed by atoms with Gasteiger partial charge in [0.05, 0.1) is 10.6 Å². The third kappa shape index (κ3) is 5.15. The lowest BCUT2D eigenvalue weighted by Crippen LogP contribution is -2.06. The SMILES string of the molecule is CCC/C=N/Nc1nc(Nc2ccc(Cl)cc2)nc(-c2c(F)cccc2Cl)n1. The summed E-state index contributed by atoms with van der Waals surface area (Å²) in [5.74, 6) is -0.0766. The van der Waals surface area contributed by atoms with Crippen LogP contribution in [0.2, 0.25) is 10.0 Å². The van der Waals surface area contributed by atoms with Gasteiger partial charge in [0.2, 0.25) is 11.9 Å². The molecule has 0 aliphatic rings. The highest BCUT2D eigenvalue weighted by Crippen LogP contribution is 2.29. The van der Waals surface area contributed by atoms with Crippen molar-refractivity contribution < 1.29 is 4.39 Å². The molecule has 0 unspecified atom stereocenters. The highest BCUT2D eigenvalue weighted by molar-refractivity contribution is 6.33. The van der Waals surface area contributed by atoms with Gasteiger partial charge in [-0.25, -0.2) is 9.82 Å². The van der Waals surface area contributed by atoms with E-state index < -0.39 is 5.82 Å². The van der Waals surface area contributed by atoms with Crippen LogP contribution in [0.1, 0.15) is 19.8 Å². The van der Waals surface area contributed by atoms with E-state index in [9.17, 15) is 4.39 Å². The number of rotatable bonds is 7. The molecule has 0 bridgehead atoms. The van der Waals surface area contributed by atoms with Crippen molar-refractivity contribution in [1.82, 2.24) is 15.0 Å². The quantitative estimate of drug-likeness (QED) is 0.367. The van der Waals surface area contributed by atoms with E-state index in [-0.39, 0.29) is 28.3 Å². The summed E-state index contributed by atoms with van der Waals surface area (Å²) in [6, 6.07) is 11.4. The van der Waals surface area contributed by atoms with Gasteiger partial charge in [-0.05, 0) is 42.8 Å². The van der Waals surface area contributed by atoms with Gasteiger partial charge in [0.1, 0.15) is 5.82 Å². The molecule has 0 saturated heterocycles. The smallest absolute Gasteiger partial charge is 0.248 e. The number of hydrogen-bond acceptors (Lipinski definition) is 6. The zero-order chi connectivity index (χ0) is 19.9. The molecule has 2 N–H and O–H groups in total. The fourth-order valence-corrected chi connectivity index (χ4v) is 2.64. The van der Waals surface area contributed by atoms with Gasteiger partial charge in [-0.2, -0.15) is 20.1 Å². The minimum absolute atomic E-state index is 0.0859. The Labute approximate surface area is 171 Å². The summed E-state index contributed by atoms with van der Waals surface area (Å²) in [4.78, 5) is 12.8. The molecule has 3 aromatic rings. The van der Waals surface area contributed by atoms with Crippen molar-refractivity contribution in [1.29, 1.82) is 0 Å². The Morgan fingerprint density at radius 3 is 2.50 bits per heavy atom. The molecule has 0 spiro atoms. The molecule has 0 atom stereocenters. The third-order valence-corrected chi connectivity index (χ3v) is 4.16. The average Bonchev–Trinajstić information content (AvgIpc) is 2.67. The van der Waals surface area contributed by atoms with E-state index in [0.29, 0.717) is 10.7 Å². The molecule has 0 aliphatic carbocycles. The normalized spacial score (nSPS) is 11.0. The average molecular weight is 419 g/mol. The van der Waals surface area contributed by atoms with Crippen molar-refractivity contribution in [2.45, 2.75) is 19.8 Å². The minimum atomic E-state index is -0.531. The lowest BCUT2D eigenvalue weighted by molar-refractivity contribution is 0.630. The summed E-state index contributed by atoms with van der Waals surface area (Å²) in [6.45, 7) is 2.04. The Hall–Kier alpha value is -2.77. The van der Waals surface area contributed by atoms with Gasteiger partial charge in [-0.15, -0.1) is 0 Å². The van der Waals surface area contributed by atoms with Gasteiger partial charge < -0.3 is 5.32 Å².